The maximum atomic E-state index is 11.4. The van der Waals surface area contributed by atoms with Gasteiger partial charge in [-0.3, -0.25) is 4.79 Å². The van der Waals surface area contributed by atoms with Crippen LogP contribution in [0.5, 0.6) is 5.75 Å². The molecule has 0 amide bonds. The predicted octanol–water partition coefficient (Wildman–Crippen LogP) is 3.48. The number of aliphatic carboxylic acids is 1. The number of rotatable bonds is 4. The molecule has 0 bridgehead atoms. The summed E-state index contributed by atoms with van der Waals surface area (Å²) in [5, 5.41) is 9.36. The summed E-state index contributed by atoms with van der Waals surface area (Å²) in [5.74, 6) is -0.382. The van der Waals surface area contributed by atoms with Crippen molar-refractivity contribution < 1.29 is 14.6 Å². The first kappa shape index (κ1) is 13.7. The van der Waals surface area contributed by atoms with E-state index in [4.69, 9.17) is 4.74 Å². The van der Waals surface area contributed by atoms with E-state index in [-0.39, 0.29) is 5.41 Å². The van der Waals surface area contributed by atoms with Gasteiger partial charge in [0.05, 0.1) is 13.0 Å². The molecule has 0 saturated carbocycles. The van der Waals surface area contributed by atoms with Crippen molar-refractivity contribution in [2.45, 2.75) is 32.6 Å². The average Bonchev–Trinajstić information content (AvgIpc) is 2.62. The lowest BCUT2D eigenvalue weighted by Crippen LogP contribution is -2.13. The van der Waals surface area contributed by atoms with Gasteiger partial charge in [0.25, 0.3) is 0 Å². The van der Waals surface area contributed by atoms with Crippen LogP contribution < -0.4 is 4.74 Å². The third kappa shape index (κ3) is 2.25. The topological polar surface area (TPSA) is 46.5 Å². The third-order valence-electron chi connectivity index (χ3n) is 3.83. The highest BCUT2D eigenvalue weighted by atomic mass is 16.5. The molecule has 3 nitrogen and oxygen atoms in total. The van der Waals surface area contributed by atoms with Crippen molar-refractivity contribution in [3.05, 3.63) is 35.4 Å². The third-order valence-corrected chi connectivity index (χ3v) is 3.83. The van der Waals surface area contributed by atoms with Crippen LogP contribution in [-0.2, 0) is 10.2 Å². The number of ether oxygens (including phenoxy) is 1. The van der Waals surface area contributed by atoms with E-state index < -0.39 is 11.9 Å². The molecule has 2 rings (SSSR count). The Kier molecular flexibility index (Phi) is 3.40. The van der Waals surface area contributed by atoms with Crippen LogP contribution in [-0.4, -0.2) is 18.2 Å². The lowest BCUT2D eigenvalue weighted by Gasteiger charge is -2.18. The Morgan fingerprint density at radius 2 is 2.11 bits per heavy atom. The summed E-state index contributed by atoms with van der Waals surface area (Å²) < 4.78 is 5.26. The van der Waals surface area contributed by atoms with E-state index in [0.717, 1.165) is 22.4 Å². The number of benzene rings is 1. The van der Waals surface area contributed by atoms with E-state index in [0.29, 0.717) is 6.42 Å². The van der Waals surface area contributed by atoms with Gasteiger partial charge in [0.2, 0.25) is 0 Å². The lowest BCUT2D eigenvalue weighted by molar-refractivity contribution is -0.139. The minimum absolute atomic E-state index is 0.151. The van der Waals surface area contributed by atoms with E-state index >= 15 is 0 Å². The van der Waals surface area contributed by atoms with Crippen LogP contribution in [0.4, 0.5) is 0 Å². The molecule has 102 valence electrons. The molecule has 1 unspecified atom stereocenters. The quantitative estimate of drug-likeness (QED) is 0.901. The zero-order valence-electron chi connectivity index (χ0n) is 11.9. The van der Waals surface area contributed by atoms with Gasteiger partial charge in [-0.1, -0.05) is 32.9 Å². The van der Waals surface area contributed by atoms with Crippen LogP contribution >= 0.6 is 0 Å². The second-order valence-electron chi connectivity index (χ2n) is 5.53. The molecule has 1 N–H and O–H groups in total. The average molecular weight is 260 g/mol. The highest BCUT2D eigenvalue weighted by Crippen LogP contribution is 2.45. The molecule has 3 heteroatoms. The molecule has 1 aliphatic carbocycles. The maximum Gasteiger partial charge on any atom is 0.310 e. The standard InChI is InChI=1S/C16H20O3/c1-5-11(15(17)18)13-9-16(2,3)14-8-10(19-4)6-7-12(13)14/h6-9,11H,5H2,1-4H3,(H,17,18). The van der Waals surface area contributed by atoms with Gasteiger partial charge in [-0.25, -0.2) is 0 Å². The van der Waals surface area contributed by atoms with E-state index in [9.17, 15) is 9.90 Å². The second kappa shape index (κ2) is 4.72. The Morgan fingerprint density at radius 3 is 2.63 bits per heavy atom. The summed E-state index contributed by atoms with van der Waals surface area (Å²) in [6, 6.07) is 5.87. The van der Waals surface area contributed by atoms with Gasteiger partial charge in [0, 0.05) is 5.41 Å². The zero-order chi connectivity index (χ0) is 14.2. The van der Waals surface area contributed by atoms with Crippen molar-refractivity contribution in [1.82, 2.24) is 0 Å². The Hall–Kier alpha value is -1.77. The number of hydrogen-bond acceptors (Lipinski definition) is 2. The van der Waals surface area contributed by atoms with Gasteiger partial charge in [0.1, 0.15) is 5.75 Å². The van der Waals surface area contributed by atoms with Gasteiger partial charge in [-0.05, 0) is 35.3 Å². The van der Waals surface area contributed by atoms with E-state index in [2.05, 4.69) is 19.9 Å². The van der Waals surface area contributed by atoms with E-state index in [1.54, 1.807) is 7.11 Å². The molecular formula is C16H20O3. The number of methoxy groups -OCH3 is 1. The van der Waals surface area contributed by atoms with Crippen LogP contribution in [0.15, 0.2) is 24.3 Å². The number of hydrogen-bond donors (Lipinski definition) is 1. The Morgan fingerprint density at radius 1 is 1.42 bits per heavy atom. The summed E-state index contributed by atoms with van der Waals surface area (Å²) in [4.78, 5) is 11.4. The Balaban J connectivity index is 2.54. The first-order valence-corrected chi connectivity index (χ1v) is 6.55. The molecule has 0 aliphatic heterocycles. The van der Waals surface area contributed by atoms with Gasteiger partial charge in [-0.15, -0.1) is 0 Å². The summed E-state index contributed by atoms with van der Waals surface area (Å²) in [7, 11) is 1.64. The summed E-state index contributed by atoms with van der Waals surface area (Å²) in [6.45, 7) is 6.12. The maximum absolute atomic E-state index is 11.4. The van der Waals surface area contributed by atoms with Gasteiger partial charge >= 0.3 is 5.97 Å². The molecule has 0 heterocycles. The molecular weight excluding hydrogens is 240 g/mol. The van der Waals surface area contributed by atoms with Gasteiger partial charge in [-0.2, -0.15) is 0 Å². The van der Waals surface area contributed by atoms with Crippen molar-refractivity contribution in [1.29, 1.82) is 0 Å². The number of fused-ring (bicyclic) bond motifs is 1. The minimum atomic E-state index is -0.756. The normalized spacial score (nSPS) is 17.6. The highest BCUT2D eigenvalue weighted by Gasteiger charge is 2.35. The summed E-state index contributed by atoms with van der Waals surface area (Å²) >= 11 is 0. The fraction of sp³-hybridized carbons (Fsp3) is 0.438. The largest absolute Gasteiger partial charge is 0.497 e. The van der Waals surface area contributed by atoms with Crippen LogP contribution in [0.2, 0.25) is 0 Å². The van der Waals surface area contributed by atoms with E-state index in [1.807, 2.05) is 25.1 Å². The lowest BCUT2D eigenvalue weighted by atomic mass is 9.87. The van der Waals surface area contributed by atoms with Crippen LogP contribution in [0.1, 0.15) is 38.3 Å². The number of allylic oxidation sites excluding steroid dienone is 1. The van der Waals surface area contributed by atoms with Crippen LogP contribution in [0.3, 0.4) is 0 Å². The Bertz CT molecular complexity index is 541. The van der Waals surface area contributed by atoms with Crippen molar-refractivity contribution >= 4 is 11.5 Å². The predicted molar refractivity (Wildman–Crippen MR) is 75.4 cm³/mol. The summed E-state index contributed by atoms with van der Waals surface area (Å²) in [5.41, 5.74) is 2.96. The van der Waals surface area contributed by atoms with Crippen molar-refractivity contribution in [2.24, 2.45) is 5.92 Å². The molecule has 0 radical (unpaired) electrons. The smallest absolute Gasteiger partial charge is 0.310 e. The number of carbonyl (C=O) groups is 1. The number of carboxylic acids is 1. The molecule has 1 atom stereocenters. The molecule has 0 spiro atoms. The SMILES string of the molecule is CCC(C(=O)O)C1=CC(C)(C)c2cc(OC)ccc21. The van der Waals surface area contributed by atoms with Crippen molar-refractivity contribution in [3.63, 3.8) is 0 Å². The second-order valence-corrected chi connectivity index (χ2v) is 5.53. The van der Waals surface area contributed by atoms with Crippen molar-refractivity contribution in [2.75, 3.05) is 7.11 Å². The molecule has 1 aromatic rings. The van der Waals surface area contributed by atoms with Crippen LogP contribution in [0, 0.1) is 5.92 Å². The monoisotopic (exact) mass is 260 g/mol. The van der Waals surface area contributed by atoms with Gasteiger partial charge in [0.15, 0.2) is 0 Å². The molecule has 1 aromatic carbocycles. The van der Waals surface area contributed by atoms with Crippen LogP contribution in [0.25, 0.3) is 5.57 Å². The number of carboxylic acid groups (broad SMARTS) is 1. The molecule has 1 aliphatic rings. The minimum Gasteiger partial charge on any atom is -0.497 e. The molecule has 0 fully saturated rings. The fourth-order valence-corrected chi connectivity index (χ4v) is 2.80. The first-order valence-electron chi connectivity index (χ1n) is 6.55. The molecule has 0 aromatic heterocycles. The fourth-order valence-electron chi connectivity index (χ4n) is 2.80. The Labute approximate surface area is 113 Å². The molecule has 0 saturated heterocycles. The highest BCUT2D eigenvalue weighted by molar-refractivity contribution is 5.91. The zero-order valence-corrected chi connectivity index (χ0v) is 11.9. The first-order chi connectivity index (χ1) is 8.90. The van der Waals surface area contributed by atoms with E-state index in [1.165, 1.54) is 0 Å². The van der Waals surface area contributed by atoms with Gasteiger partial charge < -0.3 is 9.84 Å². The van der Waals surface area contributed by atoms with Crippen molar-refractivity contribution in [3.8, 4) is 5.75 Å². The molecule has 19 heavy (non-hydrogen) atoms. The summed E-state index contributed by atoms with van der Waals surface area (Å²) in [6.07, 6.45) is 2.68.